The summed E-state index contributed by atoms with van der Waals surface area (Å²) in [5, 5.41) is 9.75. The van der Waals surface area contributed by atoms with E-state index in [2.05, 4.69) is 15.7 Å². The van der Waals surface area contributed by atoms with Crippen LogP contribution in [0.3, 0.4) is 0 Å². The normalized spacial score (nSPS) is 16.3. The first-order chi connectivity index (χ1) is 12.9. The Hall–Kier alpha value is -2.10. The molecule has 1 aromatic heterocycles. The van der Waals surface area contributed by atoms with Gasteiger partial charge in [-0.15, -0.1) is 12.4 Å². The number of amides is 1. The number of aryl methyl sites for hydroxylation is 1. The van der Waals surface area contributed by atoms with Gasteiger partial charge in [0.25, 0.3) is 5.91 Å². The number of nitrogens with one attached hydrogen (secondary N) is 2. The Bertz CT molecular complexity index is 775. The molecule has 2 heterocycles. The molecule has 1 atom stereocenters. The summed E-state index contributed by atoms with van der Waals surface area (Å²) >= 11 is 0. The average Bonchev–Trinajstić information content (AvgIpc) is 3.04. The van der Waals surface area contributed by atoms with E-state index in [1.807, 2.05) is 30.3 Å². The van der Waals surface area contributed by atoms with E-state index in [0.717, 1.165) is 5.69 Å². The van der Waals surface area contributed by atoms with Gasteiger partial charge in [-0.05, 0) is 19.1 Å². The van der Waals surface area contributed by atoms with Crippen LogP contribution >= 0.6 is 12.4 Å². The molecule has 6 nitrogen and oxygen atoms in total. The highest BCUT2D eigenvalue weighted by molar-refractivity contribution is 5.95. The van der Waals surface area contributed by atoms with Gasteiger partial charge in [-0.3, -0.25) is 9.69 Å². The summed E-state index contributed by atoms with van der Waals surface area (Å²) in [6.07, 6.45) is -2.87. The highest BCUT2D eigenvalue weighted by Crippen LogP contribution is 2.25. The van der Waals surface area contributed by atoms with Crippen LogP contribution in [0.2, 0.25) is 0 Å². The van der Waals surface area contributed by atoms with Gasteiger partial charge < -0.3 is 10.6 Å². The lowest BCUT2D eigenvalue weighted by atomic mass is 10.2. The highest BCUT2D eigenvalue weighted by atomic mass is 35.5. The SMILES string of the molecule is Cc1nn(-c2ccccc2)cc1C(=O)NCC(N1CCNCC1)C(F)(F)F.Cl. The largest absolute Gasteiger partial charge is 0.405 e. The topological polar surface area (TPSA) is 62.2 Å². The molecule has 10 heteroatoms. The van der Waals surface area contributed by atoms with Crippen LogP contribution in [0.1, 0.15) is 16.1 Å². The van der Waals surface area contributed by atoms with Crippen LogP contribution in [0.15, 0.2) is 36.5 Å². The van der Waals surface area contributed by atoms with Crippen LogP contribution in [-0.2, 0) is 0 Å². The second-order valence-electron chi connectivity index (χ2n) is 6.46. The highest BCUT2D eigenvalue weighted by Gasteiger charge is 2.43. The molecular formula is C18H23ClF3N5O. The van der Waals surface area contributed by atoms with Crippen molar-refractivity contribution in [1.29, 1.82) is 0 Å². The molecule has 1 fully saturated rings. The minimum absolute atomic E-state index is 0. The van der Waals surface area contributed by atoms with E-state index in [-0.39, 0.29) is 18.0 Å². The van der Waals surface area contributed by atoms with Crippen LogP contribution in [0.25, 0.3) is 5.69 Å². The van der Waals surface area contributed by atoms with Gasteiger partial charge in [-0.1, -0.05) is 18.2 Å². The second kappa shape index (κ2) is 9.40. The van der Waals surface area contributed by atoms with Gasteiger partial charge in [0, 0.05) is 38.9 Å². The number of carbonyl (C=O) groups is 1. The summed E-state index contributed by atoms with van der Waals surface area (Å²) in [5.74, 6) is -0.556. The number of aromatic nitrogens is 2. The second-order valence-corrected chi connectivity index (χ2v) is 6.46. The molecular weight excluding hydrogens is 395 g/mol. The number of alkyl halides is 3. The van der Waals surface area contributed by atoms with Crippen molar-refractivity contribution in [3.05, 3.63) is 47.8 Å². The molecule has 0 spiro atoms. The zero-order valence-electron chi connectivity index (χ0n) is 15.4. The van der Waals surface area contributed by atoms with Crippen molar-refractivity contribution in [3.8, 4) is 5.69 Å². The summed E-state index contributed by atoms with van der Waals surface area (Å²) in [5.41, 5.74) is 1.50. The number of hydrogen-bond donors (Lipinski definition) is 2. The summed E-state index contributed by atoms with van der Waals surface area (Å²) in [4.78, 5) is 13.8. The molecule has 28 heavy (non-hydrogen) atoms. The molecule has 1 aliphatic heterocycles. The molecule has 0 aliphatic carbocycles. The van der Waals surface area contributed by atoms with E-state index >= 15 is 0 Å². The van der Waals surface area contributed by atoms with Crippen molar-refractivity contribution >= 4 is 18.3 Å². The van der Waals surface area contributed by atoms with Gasteiger partial charge in [0.15, 0.2) is 0 Å². The van der Waals surface area contributed by atoms with E-state index in [4.69, 9.17) is 0 Å². The maximum atomic E-state index is 13.4. The molecule has 1 unspecified atom stereocenters. The van der Waals surface area contributed by atoms with Gasteiger partial charge in [-0.2, -0.15) is 18.3 Å². The number of carbonyl (C=O) groups excluding carboxylic acids is 1. The molecule has 1 aromatic carbocycles. The molecule has 0 bridgehead atoms. The Kier molecular flexibility index (Phi) is 7.45. The smallest absolute Gasteiger partial charge is 0.350 e. The summed E-state index contributed by atoms with van der Waals surface area (Å²) in [6, 6.07) is 7.51. The molecule has 2 aromatic rings. The number of halogens is 4. The Morgan fingerprint density at radius 1 is 1.25 bits per heavy atom. The van der Waals surface area contributed by atoms with Crippen molar-refractivity contribution in [3.63, 3.8) is 0 Å². The number of piperazine rings is 1. The lowest BCUT2D eigenvalue weighted by molar-refractivity contribution is -0.183. The van der Waals surface area contributed by atoms with Gasteiger partial charge in [0.2, 0.25) is 0 Å². The third kappa shape index (κ3) is 5.24. The van der Waals surface area contributed by atoms with Crippen LogP contribution < -0.4 is 10.6 Å². The maximum Gasteiger partial charge on any atom is 0.405 e. The van der Waals surface area contributed by atoms with Gasteiger partial charge in [0.1, 0.15) is 6.04 Å². The van der Waals surface area contributed by atoms with Crippen LogP contribution in [0.4, 0.5) is 13.2 Å². The molecule has 0 saturated carbocycles. The van der Waals surface area contributed by atoms with Crippen molar-refractivity contribution in [2.45, 2.75) is 19.1 Å². The quantitative estimate of drug-likeness (QED) is 0.782. The zero-order chi connectivity index (χ0) is 19.4. The fraction of sp³-hybridized carbons (Fsp3) is 0.444. The first-order valence-corrected chi connectivity index (χ1v) is 8.77. The number of rotatable bonds is 5. The lowest BCUT2D eigenvalue weighted by Crippen LogP contribution is -2.57. The summed E-state index contributed by atoms with van der Waals surface area (Å²) in [7, 11) is 0. The molecule has 0 radical (unpaired) electrons. The average molecular weight is 418 g/mol. The molecule has 1 aliphatic rings. The predicted octanol–water partition coefficient (Wildman–Crippen LogP) is 2.17. The Labute approximate surface area is 167 Å². The standard InChI is InChI=1S/C18H22F3N5O.ClH/c1-13-15(12-26(24-13)14-5-3-2-4-6-14)17(27)23-11-16(18(19,20)21)25-9-7-22-8-10-25;/h2-6,12,16,22H,7-11H2,1H3,(H,23,27);1H. The van der Waals surface area contributed by atoms with E-state index in [0.29, 0.717) is 31.9 Å². The lowest BCUT2D eigenvalue weighted by Gasteiger charge is -2.35. The summed E-state index contributed by atoms with van der Waals surface area (Å²) in [6.45, 7) is 2.77. The van der Waals surface area contributed by atoms with E-state index in [1.165, 1.54) is 11.1 Å². The summed E-state index contributed by atoms with van der Waals surface area (Å²) < 4.78 is 41.8. The van der Waals surface area contributed by atoms with Crippen molar-refractivity contribution in [2.75, 3.05) is 32.7 Å². The van der Waals surface area contributed by atoms with E-state index in [9.17, 15) is 18.0 Å². The first kappa shape index (κ1) is 22.2. The Balaban J connectivity index is 0.00000280. The maximum absolute atomic E-state index is 13.4. The molecule has 2 N–H and O–H groups in total. The molecule has 3 rings (SSSR count). The minimum atomic E-state index is -4.41. The number of nitrogens with zero attached hydrogens (tertiary/aromatic N) is 3. The van der Waals surface area contributed by atoms with Gasteiger partial charge in [0.05, 0.1) is 16.9 Å². The van der Waals surface area contributed by atoms with Crippen molar-refractivity contribution in [2.24, 2.45) is 0 Å². The zero-order valence-corrected chi connectivity index (χ0v) is 16.2. The van der Waals surface area contributed by atoms with Crippen LogP contribution in [0, 0.1) is 6.92 Å². The minimum Gasteiger partial charge on any atom is -0.350 e. The third-order valence-electron chi connectivity index (χ3n) is 4.59. The first-order valence-electron chi connectivity index (χ1n) is 8.77. The van der Waals surface area contributed by atoms with Gasteiger partial charge in [-0.25, -0.2) is 4.68 Å². The van der Waals surface area contributed by atoms with Crippen LogP contribution in [-0.4, -0.2) is 65.5 Å². The number of hydrogen-bond acceptors (Lipinski definition) is 4. The molecule has 1 amide bonds. The predicted molar refractivity (Wildman–Crippen MR) is 102 cm³/mol. The van der Waals surface area contributed by atoms with Gasteiger partial charge >= 0.3 is 6.18 Å². The molecule has 154 valence electrons. The Morgan fingerprint density at radius 2 is 1.89 bits per heavy atom. The number of para-hydroxylation sites is 1. The third-order valence-corrected chi connectivity index (χ3v) is 4.59. The fourth-order valence-electron chi connectivity index (χ4n) is 3.13. The van der Waals surface area contributed by atoms with E-state index < -0.39 is 24.7 Å². The van der Waals surface area contributed by atoms with Crippen molar-refractivity contribution < 1.29 is 18.0 Å². The molecule has 1 saturated heterocycles. The fourth-order valence-corrected chi connectivity index (χ4v) is 3.13. The number of benzene rings is 1. The van der Waals surface area contributed by atoms with Crippen LogP contribution in [0.5, 0.6) is 0 Å². The van der Waals surface area contributed by atoms with E-state index in [1.54, 1.807) is 11.6 Å². The monoisotopic (exact) mass is 417 g/mol. The van der Waals surface area contributed by atoms with Crippen molar-refractivity contribution in [1.82, 2.24) is 25.3 Å². The Morgan fingerprint density at radius 3 is 2.50 bits per heavy atom.